The van der Waals surface area contributed by atoms with Gasteiger partial charge in [0.1, 0.15) is 5.69 Å². The van der Waals surface area contributed by atoms with Gasteiger partial charge in [-0.05, 0) is 48.6 Å². The van der Waals surface area contributed by atoms with E-state index in [1.54, 1.807) is 0 Å². The van der Waals surface area contributed by atoms with Gasteiger partial charge in [0.05, 0.1) is 11.2 Å². The van der Waals surface area contributed by atoms with Crippen molar-refractivity contribution in [2.24, 2.45) is 0 Å². The van der Waals surface area contributed by atoms with E-state index in [4.69, 9.17) is 0 Å². The highest BCUT2D eigenvalue weighted by atomic mass is 16.2. The summed E-state index contributed by atoms with van der Waals surface area (Å²) in [6, 6.07) is 23.1. The predicted octanol–water partition coefficient (Wildman–Crippen LogP) is 5.84. The Hall–Kier alpha value is -3.66. The van der Waals surface area contributed by atoms with E-state index in [-0.39, 0.29) is 11.4 Å². The zero-order chi connectivity index (χ0) is 21.9. The molecule has 2 aliphatic rings. The number of aromatic nitrogens is 2. The third kappa shape index (κ3) is 2.76. The molecule has 1 aliphatic carbocycles. The van der Waals surface area contributed by atoms with Crippen LogP contribution in [0.5, 0.6) is 0 Å². The van der Waals surface area contributed by atoms with Crippen LogP contribution in [0.3, 0.4) is 0 Å². The van der Waals surface area contributed by atoms with Crippen LogP contribution in [0.25, 0.3) is 27.9 Å². The number of aryl methyl sites for hydroxylation is 1. The van der Waals surface area contributed by atoms with Crippen molar-refractivity contribution in [2.75, 3.05) is 7.05 Å². The van der Waals surface area contributed by atoms with Crippen LogP contribution < -0.4 is 0 Å². The number of hydrogen-bond acceptors (Lipinski definition) is 2. The number of nitrogens with zero attached hydrogens (tertiary/aromatic N) is 3. The highest BCUT2D eigenvalue weighted by Crippen LogP contribution is 2.54. The van der Waals surface area contributed by atoms with Crippen molar-refractivity contribution >= 4 is 5.91 Å². The van der Waals surface area contributed by atoms with Crippen LogP contribution in [0, 0.1) is 0 Å². The van der Waals surface area contributed by atoms with Crippen LogP contribution in [-0.2, 0) is 12.0 Å². The van der Waals surface area contributed by atoms with Crippen molar-refractivity contribution in [2.45, 2.75) is 31.7 Å². The molecule has 0 atom stereocenters. The number of fused-ring (bicyclic) bond motifs is 4. The molecular weight excluding hydrogens is 394 g/mol. The standard InChI is InChI=1S/C28H25N3O/c1-3-23-11-9-21(17-29-23)20-10-12-24-25(15-20)31-18-22(19-7-5-4-6-8-19)16-26(31)27(32)30(2)28(24)13-14-28/h4-12,15-18H,3,13-14H2,1-2H3. The summed E-state index contributed by atoms with van der Waals surface area (Å²) in [6.07, 6.45) is 7.00. The monoisotopic (exact) mass is 419 g/mol. The molecule has 4 aromatic rings. The van der Waals surface area contributed by atoms with Gasteiger partial charge in [0, 0.05) is 41.8 Å². The van der Waals surface area contributed by atoms with E-state index < -0.39 is 0 Å². The smallest absolute Gasteiger partial charge is 0.271 e. The van der Waals surface area contributed by atoms with Crippen LogP contribution in [-0.4, -0.2) is 27.4 Å². The Kier molecular flexibility index (Phi) is 4.12. The molecule has 4 heteroatoms. The molecule has 0 bridgehead atoms. The van der Waals surface area contributed by atoms with Gasteiger partial charge in [0.15, 0.2) is 0 Å². The summed E-state index contributed by atoms with van der Waals surface area (Å²) in [5.41, 5.74) is 8.31. The molecule has 0 unspecified atom stereocenters. The first kappa shape index (κ1) is 19.1. The first-order chi connectivity index (χ1) is 15.6. The number of carbonyl (C=O) groups excluding carboxylic acids is 1. The third-order valence-corrected chi connectivity index (χ3v) is 7.10. The fourth-order valence-corrected chi connectivity index (χ4v) is 4.99. The van der Waals surface area contributed by atoms with E-state index in [0.29, 0.717) is 5.69 Å². The molecule has 0 saturated heterocycles. The number of carbonyl (C=O) groups is 1. The second kappa shape index (κ2) is 6.92. The Bertz CT molecular complexity index is 1330. The molecule has 4 nitrogen and oxygen atoms in total. The van der Waals surface area contributed by atoms with Crippen molar-refractivity contribution in [3.63, 3.8) is 0 Å². The molecule has 2 aromatic heterocycles. The number of benzene rings is 2. The van der Waals surface area contributed by atoms with E-state index in [0.717, 1.165) is 52.9 Å². The second-order valence-electron chi connectivity index (χ2n) is 8.87. The first-order valence-electron chi connectivity index (χ1n) is 11.3. The lowest BCUT2D eigenvalue weighted by Crippen LogP contribution is -2.36. The van der Waals surface area contributed by atoms with E-state index in [9.17, 15) is 4.79 Å². The minimum atomic E-state index is -0.193. The minimum Gasteiger partial charge on any atom is -0.331 e. The highest BCUT2D eigenvalue weighted by Gasteiger charge is 2.53. The largest absolute Gasteiger partial charge is 0.331 e. The predicted molar refractivity (Wildman–Crippen MR) is 127 cm³/mol. The molecule has 3 heterocycles. The van der Waals surface area contributed by atoms with Gasteiger partial charge in [0.2, 0.25) is 0 Å². The van der Waals surface area contributed by atoms with Gasteiger partial charge in [-0.2, -0.15) is 0 Å². The fourth-order valence-electron chi connectivity index (χ4n) is 4.99. The number of rotatable bonds is 3. The Morgan fingerprint density at radius 2 is 1.69 bits per heavy atom. The number of hydrogen-bond donors (Lipinski definition) is 0. The number of amides is 1. The molecule has 158 valence electrons. The lowest BCUT2D eigenvalue weighted by atomic mass is 9.97. The molecule has 1 saturated carbocycles. The first-order valence-corrected chi connectivity index (χ1v) is 11.3. The third-order valence-electron chi connectivity index (χ3n) is 7.10. The van der Waals surface area contributed by atoms with E-state index >= 15 is 0 Å². The van der Waals surface area contributed by atoms with Crippen molar-refractivity contribution in [3.8, 4) is 27.9 Å². The SMILES string of the molecule is CCc1ccc(-c2ccc3c(c2)-n2cc(-c4ccccc4)cc2C(=O)N(C)C32CC2)cn1. The fraction of sp³-hybridized carbons (Fsp3) is 0.214. The molecule has 1 aliphatic heterocycles. The van der Waals surface area contributed by atoms with Crippen LogP contribution in [0.2, 0.25) is 0 Å². The van der Waals surface area contributed by atoms with E-state index in [1.165, 1.54) is 5.56 Å². The Balaban J connectivity index is 1.56. The molecule has 32 heavy (non-hydrogen) atoms. The summed E-state index contributed by atoms with van der Waals surface area (Å²) < 4.78 is 2.10. The molecule has 0 radical (unpaired) electrons. The van der Waals surface area contributed by atoms with Crippen molar-refractivity contribution in [1.82, 2.24) is 14.5 Å². The van der Waals surface area contributed by atoms with Gasteiger partial charge in [-0.15, -0.1) is 0 Å². The van der Waals surface area contributed by atoms with Gasteiger partial charge in [-0.1, -0.05) is 55.5 Å². The van der Waals surface area contributed by atoms with Gasteiger partial charge < -0.3 is 9.47 Å². The zero-order valence-electron chi connectivity index (χ0n) is 18.4. The van der Waals surface area contributed by atoms with E-state index in [2.05, 4.69) is 65.1 Å². The molecule has 1 amide bonds. The van der Waals surface area contributed by atoms with Crippen molar-refractivity contribution in [3.05, 3.63) is 96.1 Å². The summed E-state index contributed by atoms with van der Waals surface area (Å²) in [6.45, 7) is 2.12. The van der Waals surface area contributed by atoms with Crippen LogP contribution in [0.1, 0.15) is 41.5 Å². The average molecular weight is 420 g/mol. The summed E-state index contributed by atoms with van der Waals surface area (Å²) in [5, 5.41) is 0. The van der Waals surface area contributed by atoms with Crippen molar-refractivity contribution in [1.29, 1.82) is 0 Å². The maximum atomic E-state index is 13.5. The topological polar surface area (TPSA) is 38.1 Å². The zero-order valence-corrected chi connectivity index (χ0v) is 18.4. The molecule has 0 N–H and O–H groups in total. The Morgan fingerprint density at radius 3 is 2.38 bits per heavy atom. The van der Waals surface area contributed by atoms with Gasteiger partial charge >= 0.3 is 0 Å². The summed E-state index contributed by atoms with van der Waals surface area (Å²) in [7, 11) is 1.95. The molecule has 1 fully saturated rings. The second-order valence-corrected chi connectivity index (χ2v) is 8.87. The van der Waals surface area contributed by atoms with Gasteiger partial charge in [-0.3, -0.25) is 9.78 Å². The Morgan fingerprint density at radius 1 is 0.906 bits per heavy atom. The molecular formula is C28H25N3O. The maximum Gasteiger partial charge on any atom is 0.271 e. The molecule has 2 aromatic carbocycles. The lowest BCUT2D eigenvalue weighted by Gasteiger charge is -2.27. The summed E-state index contributed by atoms with van der Waals surface area (Å²) in [4.78, 5) is 20.1. The van der Waals surface area contributed by atoms with E-state index in [1.807, 2.05) is 42.4 Å². The van der Waals surface area contributed by atoms with Gasteiger partial charge in [0.25, 0.3) is 5.91 Å². The van der Waals surface area contributed by atoms with Crippen molar-refractivity contribution < 1.29 is 4.79 Å². The molecule has 6 rings (SSSR count). The number of pyridine rings is 1. The minimum absolute atomic E-state index is 0.0800. The van der Waals surface area contributed by atoms with Gasteiger partial charge in [-0.25, -0.2) is 0 Å². The molecule has 1 spiro atoms. The quantitative estimate of drug-likeness (QED) is 0.418. The Labute approximate surface area is 188 Å². The van der Waals surface area contributed by atoms with Crippen LogP contribution in [0.15, 0.2) is 79.1 Å². The normalized spacial score (nSPS) is 15.9. The summed E-state index contributed by atoms with van der Waals surface area (Å²) >= 11 is 0. The average Bonchev–Trinajstić information content (AvgIpc) is 3.55. The lowest BCUT2D eigenvalue weighted by molar-refractivity contribution is 0.0705. The summed E-state index contributed by atoms with van der Waals surface area (Å²) in [5.74, 6) is 0.0800. The maximum absolute atomic E-state index is 13.5. The highest BCUT2D eigenvalue weighted by molar-refractivity contribution is 5.97. The van der Waals surface area contributed by atoms with Crippen LogP contribution in [0.4, 0.5) is 0 Å². The van der Waals surface area contributed by atoms with Crippen LogP contribution >= 0.6 is 0 Å².